The van der Waals surface area contributed by atoms with Gasteiger partial charge in [-0.3, -0.25) is 14.6 Å². The van der Waals surface area contributed by atoms with Crippen LogP contribution in [0.5, 0.6) is 0 Å². The molecule has 0 aliphatic heterocycles. The molecule has 192 valence electrons. The number of pyridine rings is 1. The summed E-state index contributed by atoms with van der Waals surface area (Å²) in [6, 6.07) is 15.6. The predicted molar refractivity (Wildman–Crippen MR) is 133 cm³/mol. The number of alkyl halides is 3. The highest BCUT2D eigenvalue weighted by molar-refractivity contribution is 7.91. The third-order valence-electron chi connectivity index (χ3n) is 5.01. The molecule has 4 aromatic rings. The van der Waals surface area contributed by atoms with Gasteiger partial charge in [-0.05, 0) is 42.0 Å². The minimum atomic E-state index is -4.65. The van der Waals surface area contributed by atoms with Gasteiger partial charge in [0.25, 0.3) is 5.91 Å². The zero-order chi connectivity index (χ0) is 26.8. The van der Waals surface area contributed by atoms with Gasteiger partial charge in [0.1, 0.15) is 28.6 Å². The third-order valence-corrected chi connectivity index (χ3v) is 6.52. The molecule has 0 fully saturated rings. The Labute approximate surface area is 213 Å². The Balaban J connectivity index is 1.54. The molecular formula is C23H18ClF3N6O3S. The number of primary amides is 1. The van der Waals surface area contributed by atoms with Crippen molar-refractivity contribution in [2.75, 3.05) is 10.0 Å². The van der Waals surface area contributed by atoms with Gasteiger partial charge in [0, 0.05) is 16.3 Å². The second kappa shape index (κ2) is 10.1. The third kappa shape index (κ3) is 6.37. The number of amides is 1. The highest BCUT2D eigenvalue weighted by Crippen LogP contribution is 2.31. The minimum Gasteiger partial charge on any atom is -0.365 e. The fourth-order valence-corrected chi connectivity index (χ4v) is 4.71. The van der Waals surface area contributed by atoms with Gasteiger partial charge >= 0.3 is 6.18 Å². The fourth-order valence-electron chi connectivity index (χ4n) is 3.38. The van der Waals surface area contributed by atoms with Crippen LogP contribution >= 0.6 is 11.6 Å². The lowest BCUT2D eigenvalue weighted by Crippen LogP contribution is -2.15. The molecule has 0 aliphatic rings. The maximum atomic E-state index is 13.0. The highest BCUT2D eigenvalue weighted by atomic mass is 35.5. The number of hydrogen-bond donors (Lipinski definition) is 4. The number of H-pyrrole nitrogens is 1. The number of nitrogens with two attached hydrogens (primary N) is 1. The van der Waals surface area contributed by atoms with Crippen LogP contribution in [0.3, 0.4) is 0 Å². The second-order valence-electron chi connectivity index (χ2n) is 7.78. The number of sulfonamides is 1. The number of rotatable bonds is 8. The van der Waals surface area contributed by atoms with Gasteiger partial charge in [0.2, 0.25) is 10.0 Å². The quantitative estimate of drug-likeness (QED) is 0.245. The van der Waals surface area contributed by atoms with Crippen molar-refractivity contribution in [2.45, 2.75) is 11.9 Å². The van der Waals surface area contributed by atoms with Crippen molar-refractivity contribution >= 4 is 44.9 Å². The van der Waals surface area contributed by atoms with E-state index in [-0.39, 0.29) is 34.3 Å². The van der Waals surface area contributed by atoms with E-state index < -0.39 is 27.8 Å². The molecule has 0 aliphatic carbocycles. The molecule has 14 heteroatoms. The molecule has 0 saturated carbocycles. The molecule has 4 rings (SSSR count). The summed E-state index contributed by atoms with van der Waals surface area (Å²) in [5, 5.41) is 9.68. The fraction of sp³-hybridized carbons (Fsp3) is 0.0870. The number of halogens is 4. The molecule has 0 bridgehead atoms. The van der Waals surface area contributed by atoms with Gasteiger partial charge in [-0.2, -0.15) is 18.3 Å². The molecule has 0 unspecified atom stereocenters. The number of aromatic nitrogens is 3. The lowest BCUT2D eigenvalue weighted by atomic mass is 10.1. The van der Waals surface area contributed by atoms with Crippen LogP contribution in [0, 0.1) is 0 Å². The largest absolute Gasteiger partial charge is 0.433 e. The van der Waals surface area contributed by atoms with E-state index in [4.69, 9.17) is 17.3 Å². The molecule has 0 saturated heterocycles. The van der Waals surface area contributed by atoms with E-state index in [1.807, 2.05) is 0 Å². The predicted octanol–water partition coefficient (Wildman–Crippen LogP) is 4.93. The first-order valence-electron chi connectivity index (χ1n) is 10.5. The van der Waals surface area contributed by atoms with Gasteiger partial charge in [0.05, 0.1) is 5.75 Å². The van der Waals surface area contributed by atoms with E-state index >= 15 is 0 Å². The summed E-state index contributed by atoms with van der Waals surface area (Å²) in [7, 11) is -3.73. The molecular weight excluding hydrogens is 533 g/mol. The monoisotopic (exact) mass is 550 g/mol. The smallest absolute Gasteiger partial charge is 0.365 e. The number of aromatic amines is 1. The summed E-state index contributed by atoms with van der Waals surface area (Å²) < 4.78 is 66.4. The molecule has 2 heterocycles. The summed E-state index contributed by atoms with van der Waals surface area (Å²) in [6.45, 7) is 0. The van der Waals surface area contributed by atoms with Gasteiger partial charge in [0.15, 0.2) is 0 Å². The molecule has 0 atom stereocenters. The van der Waals surface area contributed by atoms with Crippen LogP contribution in [-0.4, -0.2) is 29.5 Å². The Bertz CT molecular complexity index is 1540. The Morgan fingerprint density at radius 2 is 1.70 bits per heavy atom. The van der Waals surface area contributed by atoms with Crippen molar-refractivity contribution in [3.8, 4) is 11.3 Å². The van der Waals surface area contributed by atoms with E-state index in [1.54, 1.807) is 24.3 Å². The summed E-state index contributed by atoms with van der Waals surface area (Å²) in [5.41, 5.74) is 5.59. The normalized spacial score (nSPS) is 11.8. The van der Waals surface area contributed by atoms with E-state index in [0.717, 1.165) is 12.1 Å². The van der Waals surface area contributed by atoms with Crippen LogP contribution in [0.4, 0.5) is 30.5 Å². The minimum absolute atomic E-state index is 0.0536. The van der Waals surface area contributed by atoms with Crippen LogP contribution in [-0.2, 0) is 22.0 Å². The lowest BCUT2D eigenvalue weighted by molar-refractivity contribution is -0.141. The zero-order valence-corrected chi connectivity index (χ0v) is 20.2. The van der Waals surface area contributed by atoms with Crippen LogP contribution in [0.25, 0.3) is 11.3 Å². The number of nitrogens with zero attached hydrogens (tertiary/aromatic N) is 2. The highest BCUT2D eigenvalue weighted by Gasteiger charge is 2.32. The Morgan fingerprint density at radius 1 is 1.03 bits per heavy atom. The number of nitrogens with one attached hydrogen (secondary N) is 3. The number of benzene rings is 2. The maximum Gasteiger partial charge on any atom is 0.433 e. The molecule has 9 nitrogen and oxygen atoms in total. The van der Waals surface area contributed by atoms with E-state index in [9.17, 15) is 26.4 Å². The van der Waals surface area contributed by atoms with Crippen molar-refractivity contribution in [1.29, 1.82) is 0 Å². The van der Waals surface area contributed by atoms with Gasteiger partial charge < -0.3 is 11.1 Å². The first kappa shape index (κ1) is 26.0. The van der Waals surface area contributed by atoms with E-state index in [1.165, 1.54) is 30.3 Å². The van der Waals surface area contributed by atoms with Crippen LogP contribution in [0.15, 0.2) is 66.7 Å². The SMILES string of the molecule is NC(=O)c1c(-c2ccc(NS(=O)(=O)Cc3ccc(Cl)cc3)cc2)n[nH]c1Nc1cccc(C(F)(F)F)n1. The molecule has 0 radical (unpaired) electrons. The average Bonchev–Trinajstić information content (AvgIpc) is 3.24. The Kier molecular flexibility index (Phi) is 7.09. The van der Waals surface area contributed by atoms with Crippen LogP contribution in [0.1, 0.15) is 21.6 Å². The van der Waals surface area contributed by atoms with E-state index in [2.05, 4.69) is 25.2 Å². The number of anilines is 3. The van der Waals surface area contributed by atoms with Crippen molar-refractivity contribution < 1.29 is 26.4 Å². The first-order chi connectivity index (χ1) is 17.4. The van der Waals surface area contributed by atoms with Crippen LogP contribution < -0.4 is 15.8 Å². The van der Waals surface area contributed by atoms with Gasteiger partial charge in [-0.25, -0.2) is 13.4 Å². The topological polar surface area (TPSA) is 143 Å². The van der Waals surface area contributed by atoms with Crippen molar-refractivity contribution in [3.05, 3.63) is 88.6 Å². The summed E-state index contributed by atoms with van der Waals surface area (Å²) in [5.74, 6) is -1.40. The zero-order valence-electron chi connectivity index (χ0n) is 18.7. The first-order valence-corrected chi connectivity index (χ1v) is 12.5. The lowest BCUT2D eigenvalue weighted by Gasteiger charge is -2.10. The Morgan fingerprint density at radius 3 is 2.32 bits per heavy atom. The molecule has 37 heavy (non-hydrogen) atoms. The van der Waals surface area contributed by atoms with Crippen molar-refractivity contribution in [3.63, 3.8) is 0 Å². The standard InChI is InChI=1S/C23H18ClF3N6O3S/c24-15-8-4-13(5-9-15)12-37(35,36)33-16-10-6-14(7-11-16)20-19(21(28)34)22(32-31-20)30-18-3-1-2-17(29-18)23(25,26)27/h1-11,33H,12H2,(H2,28,34)(H2,29,30,31,32). The molecule has 2 aromatic heterocycles. The molecule has 5 N–H and O–H groups in total. The van der Waals surface area contributed by atoms with Crippen molar-refractivity contribution in [2.24, 2.45) is 5.73 Å². The van der Waals surface area contributed by atoms with E-state index in [0.29, 0.717) is 16.1 Å². The number of hydrogen-bond acceptors (Lipinski definition) is 6. The van der Waals surface area contributed by atoms with Crippen LogP contribution in [0.2, 0.25) is 5.02 Å². The van der Waals surface area contributed by atoms with Crippen molar-refractivity contribution in [1.82, 2.24) is 15.2 Å². The summed E-state index contributed by atoms with van der Waals surface area (Å²) >= 11 is 5.82. The molecule has 2 aromatic carbocycles. The van der Waals surface area contributed by atoms with Gasteiger partial charge in [-0.1, -0.05) is 41.9 Å². The average molecular weight is 551 g/mol. The second-order valence-corrected chi connectivity index (χ2v) is 9.94. The number of carbonyl (C=O) groups excluding carboxylic acids is 1. The Hall–Kier alpha value is -4.10. The van der Waals surface area contributed by atoms with Gasteiger partial charge in [-0.15, -0.1) is 0 Å². The summed E-state index contributed by atoms with van der Waals surface area (Å²) in [6.07, 6.45) is -4.65. The summed E-state index contributed by atoms with van der Waals surface area (Å²) in [4.78, 5) is 15.7. The number of carbonyl (C=O) groups is 1. The maximum absolute atomic E-state index is 13.0. The molecule has 0 spiro atoms. The molecule has 1 amide bonds.